The van der Waals surface area contributed by atoms with Gasteiger partial charge in [-0.15, -0.1) is 0 Å². The van der Waals surface area contributed by atoms with Crippen LogP contribution in [-0.2, 0) is 33.3 Å². The van der Waals surface area contributed by atoms with Crippen LogP contribution in [0.25, 0.3) is 0 Å². The number of quaternary nitrogens is 1. The van der Waals surface area contributed by atoms with E-state index < -0.39 is 24.3 Å². The Bertz CT molecular complexity index is 2020. The Morgan fingerprint density at radius 2 is 0.607 bits per heavy atom. The fourth-order valence-corrected chi connectivity index (χ4v) is 9.41. The molecular formula is C80H132NO8+. The number of carbonyl (C=O) groups is 3. The van der Waals surface area contributed by atoms with Crippen LogP contribution in [-0.4, -0.2) is 87.4 Å². The molecule has 0 aliphatic heterocycles. The highest BCUT2D eigenvalue weighted by atomic mass is 16.7. The van der Waals surface area contributed by atoms with Crippen molar-refractivity contribution < 1.29 is 42.9 Å². The Morgan fingerprint density at radius 1 is 0.337 bits per heavy atom. The van der Waals surface area contributed by atoms with E-state index in [4.69, 9.17) is 18.9 Å². The van der Waals surface area contributed by atoms with Crippen LogP contribution in [0.2, 0.25) is 0 Å². The van der Waals surface area contributed by atoms with Gasteiger partial charge in [0.15, 0.2) is 6.10 Å². The zero-order valence-electron chi connectivity index (χ0n) is 57.5. The van der Waals surface area contributed by atoms with Crippen LogP contribution < -0.4 is 0 Å². The highest BCUT2D eigenvalue weighted by molar-refractivity contribution is 5.71. The molecule has 0 radical (unpaired) electrons. The number of unbranched alkanes of at least 4 members (excludes halogenated alkanes) is 23. The van der Waals surface area contributed by atoms with Crippen LogP contribution >= 0.6 is 0 Å². The summed E-state index contributed by atoms with van der Waals surface area (Å²) in [5.74, 6) is -2.02. The van der Waals surface area contributed by atoms with Gasteiger partial charge in [-0.3, -0.25) is 9.59 Å². The molecule has 9 nitrogen and oxygen atoms in total. The predicted molar refractivity (Wildman–Crippen MR) is 382 cm³/mol. The molecule has 2 unspecified atom stereocenters. The predicted octanol–water partition coefficient (Wildman–Crippen LogP) is 22.5. The average Bonchev–Trinajstić information content (AvgIpc) is 3.64. The van der Waals surface area contributed by atoms with Gasteiger partial charge < -0.3 is 28.5 Å². The van der Waals surface area contributed by atoms with E-state index in [2.05, 4.69) is 172 Å². The lowest BCUT2D eigenvalue weighted by Gasteiger charge is -2.25. The van der Waals surface area contributed by atoms with Gasteiger partial charge in [0.1, 0.15) is 13.2 Å². The zero-order chi connectivity index (χ0) is 64.7. The third-order valence-electron chi connectivity index (χ3n) is 14.8. The molecule has 89 heavy (non-hydrogen) atoms. The minimum absolute atomic E-state index is 0.179. The van der Waals surface area contributed by atoms with E-state index in [-0.39, 0.29) is 32.2 Å². The third-order valence-corrected chi connectivity index (χ3v) is 14.8. The summed E-state index contributed by atoms with van der Waals surface area (Å²) in [5, 5.41) is 9.76. The normalized spacial score (nSPS) is 13.7. The molecule has 0 rings (SSSR count). The van der Waals surface area contributed by atoms with E-state index >= 15 is 0 Å². The van der Waals surface area contributed by atoms with Crippen molar-refractivity contribution in [1.29, 1.82) is 0 Å². The van der Waals surface area contributed by atoms with Crippen LogP contribution in [0, 0.1) is 0 Å². The lowest BCUT2D eigenvalue weighted by molar-refractivity contribution is -0.870. The Labute approximate surface area is 546 Å². The van der Waals surface area contributed by atoms with Crippen molar-refractivity contribution in [3.8, 4) is 0 Å². The maximum Gasteiger partial charge on any atom is 0.361 e. The van der Waals surface area contributed by atoms with Crippen molar-refractivity contribution >= 4 is 17.9 Å². The van der Waals surface area contributed by atoms with E-state index in [1.807, 2.05) is 21.1 Å². The first-order chi connectivity index (χ1) is 43.6. The van der Waals surface area contributed by atoms with Gasteiger partial charge in [0, 0.05) is 12.8 Å². The highest BCUT2D eigenvalue weighted by Crippen LogP contribution is 2.16. The standard InChI is InChI=1S/C80H131NO8/c1-6-8-10-12-14-16-18-20-22-24-26-28-30-32-34-36-37-38-39-40-41-43-45-47-49-51-53-55-57-59-61-63-65-67-69-71-78(83)89-76(75-88-80(79(84)85)86-73-72-81(3,4)5)74-87-77(82)70-68-66-64-62-60-58-56-54-52-50-48-46-44-42-35-33-31-29-27-25-23-21-19-17-15-13-11-9-7-2/h8-11,14-17,20-23,26-29,32-35,37-38,40-41,45,47,76,80H,6-7,12-13,18-19,24-25,30-31,36,39,42-44,46,48-75H2,1-5H3/p+1/b10-8-,11-9-,16-14-,17-15-,22-20-,23-21-,28-26-,29-27-,34-32-,35-33-,38-37-,41-40-,47-45-. The number of likely N-dealkylation sites (N-methyl/N-ethyl adjacent to an activating group) is 1. The molecule has 9 heteroatoms. The Morgan fingerprint density at radius 3 is 0.899 bits per heavy atom. The largest absolute Gasteiger partial charge is 0.477 e. The van der Waals surface area contributed by atoms with Gasteiger partial charge in [0.2, 0.25) is 0 Å². The summed E-state index contributed by atoms with van der Waals surface area (Å²) < 4.78 is 23.0. The van der Waals surface area contributed by atoms with Crippen molar-refractivity contribution in [3.05, 3.63) is 158 Å². The molecule has 0 aliphatic carbocycles. The first kappa shape index (κ1) is 83.9. The molecule has 0 saturated heterocycles. The smallest absolute Gasteiger partial charge is 0.361 e. The number of carboxylic acids is 1. The molecule has 0 aromatic rings. The monoisotopic (exact) mass is 1230 g/mol. The minimum Gasteiger partial charge on any atom is -0.477 e. The molecule has 0 aliphatic rings. The van der Waals surface area contributed by atoms with Gasteiger partial charge in [-0.05, 0) is 122 Å². The van der Waals surface area contributed by atoms with Gasteiger partial charge in [-0.1, -0.05) is 294 Å². The summed E-state index contributed by atoms with van der Waals surface area (Å²) in [7, 11) is 5.97. The molecular weight excluding hydrogens is 1100 g/mol. The number of carboxylic acid groups (broad SMARTS) is 1. The van der Waals surface area contributed by atoms with E-state index in [9.17, 15) is 19.5 Å². The summed E-state index contributed by atoms with van der Waals surface area (Å²) in [6.07, 6.45) is 99.2. The van der Waals surface area contributed by atoms with Crippen molar-refractivity contribution in [2.75, 3.05) is 47.5 Å². The van der Waals surface area contributed by atoms with Crippen molar-refractivity contribution in [1.82, 2.24) is 0 Å². The SMILES string of the molecule is CC/C=C\C/C=C\C/C=C\C/C=C\C/C=C\C/C=C\C/C=C\C/C=C\CCCCCCCCCCCCC(=O)OC(COC(=O)CCCCCCCCCCCCCCC/C=C\C/C=C\C/C=C\C/C=C\C/C=C\CC)COC(OCC[N+](C)(C)C)C(=O)O. The summed E-state index contributed by atoms with van der Waals surface area (Å²) >= 11 is 0. The fraction of sp³-hybridized carbons (Fsp3) is 0.637. The maximum atomic E-state index is 13.0. The molecule has 2 atom stereocenters. The van der Waals surface area contributed by atoms with Crippen LogP contribution in [0.3, 0.4) is 0 Å². The topological polar surface area (TPSA) is 108 Å². The molecule has 0 spiro atoms. The summed E-state index contributed by atoms with van der Waals surface area (Å²) in [4.78, 5) is 37.7. The lowest BCUT2D eigenvalue weighted by Crippen LogP contribution is -2.40. The van der Waals surface area contributed by atoms with Gasteiger partial charge >= 0.3 is 17.9 Å². The molecule has 0 heterocycles. The molecule has 0 fully saturated rings. The van der Waals surface area contributed by atoms with Crippen LogP contribution in [0.1, 0.15) is 271 Å². The molecule has 1 N–H and O–H groups in total. The number of esters is 2. The molecule has 0 amide bonds. The number of allylic oxidation sites excluding steroid dienone is 26. The van der Waals surface area contributed by atoms with E-state index in [0.717, 1.165) is 128 Å². The number of aliphatic carboxylic acids is 1. The van der Waals surface area contributed by atoms with Gasteiger partial charge in [0.05, 0.1) is 34.4 Å². The molecule has 0 bridgehead atoms. The molecule has 0 aromatic carbocycles. The minimum atomic E-state index is -1.52. The quantitative estimate of drug-likeness (QED) is 0.0211. The summed E-state index contributed by atoms with van der Waals surface area (Å²) in [6, 6.07) is 0. The number of ether oxygens (including phenoxy) is 4. The van der Waals surface area contributed by atoms with Crippen molar-refractivity contribution in [2.24, 2.45) is 0 Å². The summed E-state index contributed by atoms with van der Waals surface area (Å²) in [5.41, 5.74) is 0. The average molecular weight is 1240 g/mol. The third kappa shape index (κ3) is 70.2. The Kier molecular flexibility index (Phi) is 64.9. The van der Waals surface area contributed by atoms with Gasteiger partial charge in [0.25, 0.3) is 6.29 Å². The first-order valence-corrected chi connectivity index (χ1v) is 35.6. The second kappa shape index (κ2) is 68.8. The zero-order valence-corrected chi connectivity index (χ0v) is 57.5. The number of carbonyl (C=O) groups excluding carboxylic acids is 2. The van der Waals surface area contributed by atoms with Crippen LogP contribution in [0.15, 0.2) is 158 Å². The van der Waals surface area contributed by atoms with Crippen LogP contribution in [0.5, 0.6) is 0 Å². The fourth-order valence-electron chi connectivity index (χ4n) is 9.41. The van der Waals surface area contributed by atoms with Crippen LogP contribution in [0.4, 0.5) is 0 Å². The summed E-state index contributed by atoms with van der Waals surface area (Å²) in [6.45, 7) is 4.64. The second-order valence-electron chi connectivity index (χ2n) is 24.4. The maximum absolute atomic E-state index is 13.0. The number of hydrogen-bond acceptors (Lipinski definition) is 7. The lowest BCUT2D eigenvalue weighted by atomic mass is 10.0. The number of rotatable bonds is 64. The van der Waals surface area contributed by atoms with Gasteiger partial charge in [-0.25, -0.2) is 4.79 Å². The van der Waals surface area contributed by atoms with Crippen molar-refractivity contribution in [3.63, 3.8) is 0 Å². The van der Waals surface area contributed by atoms with E-state index in [1.165, 1.54) is 109 Å². The second-order valence-corrected chi connectivity index (χ2v) is 24.4. The first-order valence-electron chi connectivity index (χ1n) is 35.6. The number of nitrogens with zero attached hydrogens (tertiary/aromatic N) is 1. The highest BCUT2D eigenvalue weighted by Gasteiger charge is 2.25. The molecule has 0 aromatic heterocycles. The van der Waals surface area contributed by atoms with Gasteiger partial charge in [-0.2, -0.15) is 0 Å². The molecule has 0 saturated carbocycles. The Hall–Kier alpha value is -5.09. The molecule has 504 valence electrons. The van der Waals surface area contributed by atoms with Crippen molar-refractivity contribution in [2.45, 2.75) is 283 Å². The Balaban J connectivity index is 4.17. The van der Waals surface area contributed by atoms with E-state index in [1.54, 1.807) is 0 Å². The number of hydrogen-bond donors (Lipinski definition) is 1. The van der Waals surface area contributed by atoms with E-state index in [0.29, 0.717) is 23.9 Å².